The van der Waals surface area contributed by atoms with Gasteiger partial charge in [-0.1, -0.05) is 24.3 Å². The first-order valence-corrected chi connectivity index (χ1v) is 6.78. The molecule has 1 aliphatic rings. The maximum Gasteiger partial charge on any atom is 0.0992 e. The molecule has 0 amide bonds. The highest BCUT2D eigenvalue weighted by Crippen LogP contribution is 2.38. The number of hydrogen-bond acceptors (Lipinski definition) is 3. The molecule has 0 fully saturated rings. The largest absolute Gasteiger partial charge is 0.389 e. The molecule has 1 atom stereocenters. The lowest BCUT2D eigenvalue weighted by atomic mass is 10.0. The van der Waals surface area contributed by atoms with Gasteiger partial charge in [0.05, 0.1) is 17.7 Å². The van der Waals surface area contributed by atoms with Crippen LogP contribution in [0, 0.1) is 11.3 Å². The van der Waals surface area contributed by atoms with E-state index in [4.69, 9.17) is 5.26 Å². The average Bonchev–Trinajstić information content (AvgIpc) is 2.90. The highest BCUT2D eigenvalue weighted by atomic mass is 16.3. The van der Waals surface area contributed by atoms with Crippen LogP contribution in [0.1, 0.15) is 29.7 Å². The van der Waals surface area contributed by atoms with Gasteiger partial charge in [-0.05, 0) is 37.1 Å². The molecule has 100 valence electrons. The predicted octanol–water partition coefficient (Wildman–Crippen LogP) is 3.31. The summed E-state index contributed by atoms with van der Waals surface area (Å²) in [6, 6.07) is 15.9. The van der Waals surface area contributed by atoms with E-state index in [0.29, 0.717) is 5.56 Å². The van der Waals surface area contributed by atoms with Crippen LogP contribution < -0.4 is 4.90 Å². The van der Waals surface area contributed by atoms with Gasteiger partial charge in [-0.15, -0.1) is 0 Å². The van der Waals surface area contributed by atoms with Crippen molar-refractivity contribution < 1.29 is 5.11 Å². The maximum atomic E-state index is 9.97. The molecule has 3 rings (SSSR count). The van der Waals surface area contributed by atoms with E-state index >= 15 is 0 Å². The van der Waals surface area contributed by atoms with Crippen molar-refractivity contribution in [3.63, 3.8) is 0 Å². The van der Waals surface area contributed by atoms with E-state index in [0.717, 1.165) is 24.2 Å². The van der Waals surface area contributed by atoms with Crippen LogP contribution in [-0.4, -0.2) is 11.7 Å². The fourth-order valence-electron chi connectivity index (χ4n) is 2.79. The van der Waals surface area contributed by atoms with E-state index in [9.17, 15) is 5.11 Å². The van der Waals surface area contributed by atoms with Crippen molar-refractivity contribution >= 4 is 11.4 Å². The number of para-hydroxylation sites is 1. The van der Waals surface area contributed by atoms with Gasteiger partial charge in [-0.3, -0.25) is 0 Å². The van der Waals surface area contributed by atoms with Crippen LogP contribution in [0.2, 0.25) is 0 Å². The molecule has 0 aliphatic carbocycles. The van der Waals surface area contributed by atoms with Crippen molar-refractivity contribution in [1.82, 2.24) is 0 Å². The van der Waals surface area contributed by atoms with Crippen LogP contribution >= 0.6 is 0 Å². The second-order valence-electron chi connectivity index (χ2n) is 5.09. The number of aliphatic hydroxyl groups is 1. The van der Waals surface area contributed by atoms with Crippen LogP contribution in [0.3, 0.4) is 0 Å². The summed E-state index contributed by atoms with van der Waals surface area (Å²) in [5, 5.41) is 19.1. The molecule has 1 heterocycles. The summed E-state index contributed by atoms with van der Waals surface area (Å²) in [5.74, 6) is 0. The Morgan fingerprint density at radius 1 is 1.20 bits per heavy atom. The summed E-state index contributed by atoms with van der Waals surface area (Å²) in [6.07, 6.45) is 0.442. The van der Waals surface area contributed by atoms with Crippen LogP contribution in [0.5, 0.6) is 0 Å². The van der Waals surface area contributed by atoms with Gasteiger partial charge < -0.3 is 10.0 Å². The van der Waals surface area contributed by atoms with Gasteiger partial charge in [0.1, 0.15) is 0 Å². The SMILES string of the molecule is C[C@H](O)c1ccc(C#N)cc1N1CCc2ccccc21. The number of rotatable bonds is 2. The Hall–Kier alpha value is -2.31. The molecule has 1 aliphatic heterocycles. The molecule has 3 nitrogen and oxygen atoms in total. The molecule has 0 saturated carbocycles. The zero-order valence-electron chi connectivity index (χ0n) is 11.4. The minimum Gasteiger partial charge on any atom is -0.389 e. The van der Waals surface area contributed by atoms with Gasteiger partial charge in [-0.25, -0.2) is 0 Å². The first-order chi connectivity index (χ1) is 9.70. The molecule has 0 bridgehead atoms. The Morgan fingerprint density at radius 2 is 2.00 bits per heavy atom. The van der Waals surface area contributed by atoms with Crippen molar-refractivity contribution in [3.05, 3.63) is 59.2 Å². The van der Waals surface area contributed by atoms with Gasteiger partial charge in [0, 0.05) is 23.5 Å². The topological polar surface area (TPSA) is 47.3 Å². The number of benzene rings is 2. The second-order valence-corrected chi connectivity index (χ2v) is 5.09. The summed E-state index contributed by atoms with van der Waals surface area (Å²) in [7, 11) is 0. The van der Waals surface area contributed by atoms with Crippen molar-refractivity contribution in [3.8, 4) is 6.07 Å². The van der Waals surface area contributed by atoms with E-state index in [1.807, 2.05) is 24.3 Å². The maximum absolute atomic E-state index is 9.97. The van der Waals surface area contributed by atoms with Crippen molar-refractivity contribution in [2.75, 3.05) is 11.4 Å². The van der Waals surface area contributed by atoms with Gasteiger partial charge >= 0.3 is 0 Å². The highest BCUT2D eigenvalue weighted by Gasteiger charge is 2.23. The van der Waals surface area contributed by atoms with Crippen molar-refractivity contribution in [2.24, 2.45) is 0 Å². The lowest BCUT2D eigenvalue weighted by Gasteiger charge is -2.24. The lowest BCUT2D eigenvalue weighted by Crippen LogP contribution is -2.16. The summed E-state index contributed by atoms with van der Waals surface area (Å²) >= 11 is 0. The summed E-state index contributed by atoms with van der Waals surface area (Å²) < 4.78 is 0. The second kappa shape index (κ2) is 4.99. The van der Waals surface area contributed by atoms with Crippen LogP contribution in [-0.2, 0) is 6.42 Å². The zero-order valence-corrected chi connectivity index (χ0v) is 11.4. The van der Waals surface area contributed by atoms with Crippen molar-refractivity contribution in [1.29, 1.82) is 5.26 Å². The normalized spacial score (nSPS) is 14.8. The van der Waals surface area contributed by atoms with E-state index in [1.54, 1.807) is 13.0 Å². The number of nitriles is 1. The Labute approximate surface area is 118 Å². The molecule has 0 aromatic heterocycles. The molecule has 20 heavy (non-hydrogen) atoms. The molecule has 2 aromatic rings. The smallest absolute Gasteiger partial charge is 0.0992 e. The molecule has 0 radical (unpaired) electrons. The first-order valence-electron chi connectivity index (χ1n) is 6.78. The van der Waals surface area contributed by atoms with Crippen LogP contribution in [0.25, 0.3) is 0 Å². The number of aliphatic hydroxyl groups excluding tert-OH is 1. The third kappa shape index (κ3) is 2.04. The standard InChI is InChI=1S/C17H16N2O/c1-12(20)15-7-6-13(11-18)10-17(15)19-9-8-14-4-2-3-5-16(14)19/h2-7,10,12,20H,8-9H2,1H3/t12-/m0/s1. The van der Waals surface area contributed by atoms with E-state index in [1.165, 1.54) is 11.3 Å². The summed E-state index contributed by atoms with van der Waals surface area (Å²) in [5.41, 5.74) is 4.90. The third-order valence-corrected chi connectivity index (χ3v) is 3.79. The lowest BCUT2D eigenvalue weighted by molar-refractivity contribution is 0.200. The van der Waals surface area contributed by atoms with E-state index in [-0.39, 0.29) is 0 Å². The van der Waals surface area contributed by atoms with Gasteiger partial charge in [0.25, 0.3) is 0 Å². The predicted molar refractivity (Wildman–Crippen MR) is 78.9 cm³/mol. The first kappa shape index (κ1) is 12.7. The van der Waals surface area contributed by atoms with Gasteiger partial charge in [-0.2, -0.15) is 5.26 Å². The van der Waals surface area contributed by atoms with Crippen molar-refractivity contribution in [2.45, 2.75) is 19.4 Å². The monoisotopic (exact) mass is 264 g/mol. The number of fused-ring (bicyclic) bond motifs is 1. The van der Waals surface area contributed by atoms with E-state index < -0.39 is 6.10 Å². The van der Waals surface area contributed by atoms with Gasteiger partial charge in [0.15, 0.2) is 0 Å². The Kier molecular flexibility index (Phi) is 3.17. The summed E-state index contributed by atoms with van der Waals surface area (Å²) in [4.78, 5) is 2.19. The van der Waals surface area contributed by atoms with E-state index in [2.05, 4.69) is 23.1 Å². The summed E-state index contributed by atoms with van der Waals surface area (Å²) in [6.45, 7) is 2.64. The minimum atomic E-state index is -0.550. The fourth-order valence-corrected chi connectivity index (χ4v) is 2.79. The average molecular weight is 264 g/mol. The molecule has 3 heteroatoms. The van der Waals surface area contributed by atoms with Crippen LogP contribution in [0.4, 0.5) is 11.4 Å². The Morgan fingerprint density at radius 3 is 2.75 bits per heavy atom. The number of nitrogens with zero attached hydrogens (tertiary/aromatic N) is 2. The molecule has 0 unspecified atom stereocenters. The molecule has 1 N–H and O–H groups in total. The third-order valence-electron chi connectivity index (χ3n) is 3.79. The molecule has 0 spiro atoms. The Balaban J connectivity index is 2.13. The fraction of sp³-hybridized carbons (Fsp3) is 0.235. The Bertz CT molecular complexity index is 686. The highest BCUT2D eigenvalue weighted by molar-refractivity contribution is 5.73. The number of hydrogen-bond donors (Lipinski definition) is 1. The number of anilines is 2. The zero-order chi connectivity index (χ0) is 14.1. The van der Waals surface area contributed by atoms with Gasteiger partial charge in [0.2, 0.25) is 0 Å². The van der Waals surface area contributed by atoms with Crippen LogP contribution in [0.15, 0.2) is 42.5 Å². The molecular weight excluding hydrogens is 248 g/mol. The quantitative estimate of drug-likeness (QED) is 0.905. The molecular formula is C17H16N2O. The molecule has 0 saturated heterocycles. The minimum absolute atomic E-state index is 0.550. The molecule has 2 aromatic carbocycles.